The Balaban J connectivity index is 1.99. The van der Waals surface area contributed by atoms with Gasteiger partial charge in [0.05, 0.1) is 18.8 Å². The summed E-state index contributed by atoms with van der Waals surface area (Å²) in [6.45, 7) is 5.20. The summed E-state index contributed by atoms with van der Waals surface area (Å²) < 4.78 is 18.7. The molecule has 0 spiro atoms. The average molecular weight is 378 g/mol. The van der Waals surface area contributed by atoms with E-state index >= 15 is 0 Å². The Labute approximate surface area is 157 Å². The minimum Gasteiger partial charge on any atom is -0.478 e. The standard InChI is InChI=1S/C19H23FN2O3S/c1-13-11-16(21-7-9-25-10-8-21)22(18(26-2)17(13)19(23)24)12-14-3-5-15(20)6-4-14/h3-6,11,18H,7-10,12H2,1-2H3,(H,23,24). The van der Waals surface area contributed by atoms with Crippen LogP contribution in [0.5, 0.6) is 0 Å². The zero-order valence-corrected chi connectivity index (χ0v) is 15.8. The number of carboxylic acid groups (broad SMARTS) is 1. The van der Waals surface area contributed by atoms with E-state index in [1.807, 2.05) is 19.3 Å². The molecule has 0 radical (unpaired) electrons. The first kappa shape index (κ1) is 18.8. The van der Waals surface area contributed by atoms with Gasteiger partial charge in [0, 0.05) is 19.6 Å². The number of rotatable bonds is 5. The molecule has 140 valence electrons. The van der Waals surface area contributed by atoms with Gasteiger partial charge in [-0.15, -0.1) is 11.8 Å². The molecule has 7 heteroatoms. The monoisotopic (exact) mass is 378 g/mol. The average Bonchev–Trinajstić information content (AvgIpc) is 2.64. The third kappa shape index (κ3) is 3.88. The molecule has 0 aromatic heterocycles. The summed E-state index contributed by atoms with van der Waals surface area (Å²) in [6.07, 6.45) is 3.87. The van der Waals surface area contributed by atoms with Crippen molar-refractivity contribution in [2.45, 2.75) is 18.8 Å². The van der Waals surface area contributed by atoms with Crippen LogP contribution in [0, 0.1) is 5.82 Å². The van der Waals surface area contributed by atoms with E-state index < -0.39 is 5.97 Å². The van der Waals surface area contributed by atoms with Crippen LogP contribution in [0.3, 0.4) is 0 Å². The smallest absolute Gasteiger partial charge is 0.334 e. The van der Waals surface area contributed by atoms with E-state index in [1.165, 1.54) is 23.9 Å². The molecular formula is C19H23FN2O3S. The molecule has 1 fully saturated rings. The first-order chi connectivity index (χ1) is 12.5. The summed E-state index contributed by atoms with van der Waals surface area (Å²) in [4.78, 5) is 16.2. The van der Waals surface area contributed by atoms with Gasteiger partial charge >= 0.3 is 5.97 Å². The molecule has 0 bridgehead atoms. The van der Waals surface area contributed by atoms with Gasteiger partial charge in [0.25, 0.3) is 0 Å². The molecule has 2 heterocycles. The molecule has 2 aliphatic rings. The van der Waals surface area contributed by atoms with Crippen LogP contribution in [-0.2, 0) is 16.1 Å². The third-order valence-electron chi connectivity index (χ3n) is 4.65. The van der Waals surface area contributed by atoms with Gasteiger partial charge in [-0.3, -0.25) is 0 Å². The number of benzene rings is 1. The second-order valence-corrected chi connectivity index (χ2v) is 7.26. The quantitative estimate of drug-likeness (QED) is 0.850. The number of allylic oxidation sites excluding steroid dienone is 2. The van der Waals surface area contributed by atoms with E-state index in [9.17, 15) is 14.3 Å². The van der Waals surface area contributed by atoms with Crippen LogP contribution in [0.4, 0.5) is 4.39 Å². The van der Waals surface area contributed by atoms with E-state index in [-0.39, 0.29) is 11.2 Å². The van der Waals surface area contributed by atoms with Crippen molar-refractivity contribution in [1.29, 1.82) is 0 Å². The van der Waals surface area contributed by atoms with Gasteiger partial charge in [-0.2, -0.15) is 0 Å². The Morgan fingerprint density at radius 3 is 2.54 bits per heavy atom. The Kier molecular flexibility index (Phi) is 5.88. The highest BCUT2D eigenvalue weighted by atomic mass is 32.2. The van der Waals surface area contributed by atoms with Crippen molar-refractivity contribution in [1.82, 2.24) is 9.80 Å². The van der Waals surface area contributed by atoms with Crippen molar-refractivity contribution in [2.24, 2.45) is 0 Å². The number of aliphatic carboxylic acids is 1. The maximum Gasteiger partial charge on any atom is 0.334 e. The van der Waals surface area contributed by atoms with Crippen LogP contribution in [0.2, 0.25) is 0 Å². The first-order valence-electron chi connectivity index (χ1n) is 8.53. The van der Waals surface area contributed by atoms with Crippen molar-refractivity contribution < 1.29 is 19.0 Å². The molecular weight excluding hydrogens is 355 g/mol. The molecule has 26 heavy (non-hydrogen) atoms. The summed E-state index contributed by atoms with van der Waals surface area (Å²) in [5.41, 5.74) is 2.11. The van der Waals surface area contributed by atoms with Crippen molar-refractivity contribution in [3.8, 4) is 0 Å². The predicted molar refractivity (Wildman–Crippen MR) is 100 cm³/mol. The fourth-order valence-corrected chi connectivity index (χ4v) is 4.32. The Morgan fingerprint density at radius 1 is 1.31 bits per heavy atom. The number of thioether (sulfide) groups is 1. The van der Waals surface area contributed by atoms with Crippen LogP contribution >= 0.6 is 11.8 Å². The normalized spacial score (nSPS) is 21.0. The van der Waals surface area contributed by atoms with Crippen molar-refractivity contribution >= 4 is 17.7 Å². The molecule has 1 saturated heterocycles. The lowest BCUT2D eigenvalue weighted by Gasteiger charge is -2.44. The summed E-state index contributed by atoms with van der Waals surface area (Å²) in [5, 5.41) is 9.41. The SMILES string of the molecule is CSC1C(C(=O)O)=C(C)C=C(N2CCOCC2)N1Cc1ccc(F)cc1. The number of nitrogens with zero attached hydrogens (tertiary/aromatic N) is 2. The number of carboxylic acids is 1. The van der Waals surface area contributed by atoms with Gasteiger partial charge in [0.2, 0.25) is 0 Å². The summed E-state index contributed by atoms with van der Waals surface area (Å²) in [5.74, 6) is -0.178. The number of ether oxygens (including phenoxy) is 1. The topological polar surface area (TPSA) is 53.0 Å². The second-order valence-electron chi connectivity index (χ2n) is 6.35. The lowest BCUT2D eigenvalue weighted by atomic mass is 10.0. The predicted octanol–water partition coefficient (Wildman–Crippen LogP) is 2.91. The summed E-state index contributed by atoms with van der Waals surface area (Å²) in [7, 11) is 0. The van der Waals surface area contributed by atoms with Gasteiger partial charge in [-0.25, -0.2) is 9.18 Å². The zero-order chi connectivity index (χ0) is 18.7. The van der Waals surface area contributed by atoms with E-state index in [4.69, 9.17) is 4.74 Å². The summed E-state index contributed by atoms with van der Waals surface area (Å²) >= 11 is 1.50. The van der Waals surface area contributed by atoms with Gasteiger partial charge in [-0.05, 0) is 42.5 Å². The van der Waals surface area contributed by atoms with Crippen LogP contribution < -0.4 is 0 Å². The zero-order valence-electron chi connectivity index (χ0n) is 14.9. The van der Waals surface area contributed by atoms with Crippen molar-refractivity contribution in [3.05, 3.63) is 58.7 Å². The van der Waals surface area contributed by atoms with Gasteiger partial charge in [-0.1, -0.05) is 12.1 Å². The maximum absolute atomic E-state index is 13.3. The highest BCUT2D eigenvalue weighted by Crippen LogP contribution is 2.35. The van der Waals surface area contributed by atoms with E-state index in [0.717, 1.165) is 30.0 Å². The second kappa shape index (κ2) is 8.14. The highest BCUT2D eigenvalue weighted by Gasteiger charge is 2.35. The largest absolute Gasteiger partial charge is 0.478 e. The lowest BCUT2D eigenvalue weighted by molar-refractivity contribution is -0.133. The third-order valence-corrected chi connectivity index (χ3v) is 5.59. The molecule has 0 amide bonds. The van der Waals surface area contributed by atoms with Gasteiger partial charge in [0.15, 0.2) is 0 Å². The number of carbonyl (C=O) groups is 1. The van der Waals surface area contributed by atoms with Gasteiger partial charge in [0.1, 0.15) is 17.0 Å². The molecule has 5 nitrogen and oxygen atoms in total. The minimum absolute atomic E-state index is 0.278. The van der Waals surface area contributed by atoms with E-state index in [1.54, 1.807) is 12.1 Å². The molecule has 0 aliphatic carbocycles. The Bertz CT molecular complexity index is 727. The molecule has 1 aromatic rings. The highest BCUT2D eigenvalue weighted by molar-refractivity contribution is 7.99. The van der Waals surface area contributed by atoms with Crippen LogP contribution in [-0.4, -0.2) is 58.8 Å². The van der Waals surface area contributed by atoms with Gasteiger partial charge < -0.3 is 19.6 Å². The minimum atomic E-state index is -0.900. The van der Waals surface area contributed by atoms with Crippen molar-refractivity contribution in [2.75, 3.05) is 32.6 Å². The Morgan fingerprint density at radius 2 is 1.96 bits per heavy atom. The number of halogens is 1. The summed E-state index contributed by atoms with van der Waals surface area (Å²) in [6, 6.07) is 6.36. The maximum atomic E-state index is 13.3. The van der Waals surface area contributed by atoms with Crippen LogP contribution in [0.25, 0.3) is 0 Å². The number of hydrogen-bond acceptors (Lipinski definition) is 5. The molecule has 3 rings (SSSR count). The molecule has 1 unspecified atom stereocenters. The molecule has 0 saturated carbocycles. The Hall–Kier alpha value is -1.99. The fourth-order valence-electron chi connectivity index (χ4n) is 3.36. The molecule has 1 N–H and O–H groups in total. The number of morpholine rings is 1. The van der Waals surface area contributed by atoms with Crippen LogP contribution in [0.1, 0.15) is 12.5 Å². The van der Waals surface area contributed by atoms with Crippen LogP contribution in [0.15, 0.2) is 47.3 Å². The first-order valence-corrected chi connectivity index (χ1v) is 9.82. The molecule has 2 aliphatic heterocycles. The molecule has 1 aromatic carbocycles. The van der Waals surface area contributed by atoms with E-state index in [0.29, 0.717) is 25.3 Å². The molecule has 1 atom stereocenters. The van der Waals surface area contributed by atoms with E-state index in [2.05, 4.69) is 9.80 Å². The van der Waals surface area contributed by atoms with Crippen molar-refractivity contribution in [3.63, 3.8) is 0 Å². The lowest BCUT2D eigenvalue weighted by Crippen LogP contribution is -2.47. The fraction of sp³-hybridized carbons (Fsp3) is 0.421. The number of hydrogen-bond donors (Lipinski definition) is 1.